The van der Waals surface area contributed by atoms with E-state index >= 15 is 0 Å². The lowest BCUT2D eigenvalue weighted by molar-refractivity contribution is -0.130. The molecule has 0 unspecified atom stereocenters. The van der Waals surface area contributed by atoms with Crippen LogP contribution in [0, 0.1) is 0 Å². The Labute approximate surface area is 143 Å². The lowest BCUT2D eigenvalue weighted by Gasteiger charge is -2.09. The molecule has 24 heavy (non-hydrogen) atoms. The van der Waals surface area contributed by atoms with E-state index in [1.807, 2.05) is 60.0 Å². The maximum absolute atomic E-state index is 12.2. The standard InChI is InChI=1S/C20H14O3S/c1-22-17-9-8-13-5-2-3-6-15(13)16(17)11-14-12-18(23-20(14)21)19-7-4-10-24-19/h2-12H,1H3/b14-11+. The van der Waals surface area contributed by atoms with Gasteiger partial charge in [0.2, 0.25) is 0 Å². The summed E-state index contributed by atoms with van der Waals surface area (Å²) in [5.74, 6) is 0.987. The summed E-state index contributed by atoms with van der Waals surface area (Å²) >= 11 is 1.54. The summed E-state index contributed by atoms with van der Waals surface area (Å²) in [6.45, 7) is 0. The van der Waals surface area contributed by atoms with Gasteiger partial charge in [-0.15, -0.1) is 11.3 Å². The number of cyclic esters (lactones) is 1. The fourth-order valence-corrected chi connectivity index (χ4v) is 3.46. The molecule has 0 aliphatic carbocycles. The number of carbonyl (C=O) groups excluding carboxylic acids is 1. The number of ether oxygens (including phenoxy) is 2. The van der Waals surface area contributed by atoms with Crippen molar-refractivity contribution >= 4 is 39.9 Å². The Morgan fingerprint density at radius 1 is 1.08 bits per heavy atom. The number of hydrogen-bond acceptors (Lipinski definition) is 4. The zero-order chi connectivity index (χ0) is 16.5. The Morgan fingerprint density at radius 3 is 2.75 bits per heavy atom. The molecule has 3 nitrogen and oxygen atoms in total. The summed E-state index contributed by atoms with van der Waals surface area (Å²) in [7, 11) is 1.63. The van der Waals surface area contributed by atoms with E-state index in [9.17, 15) is 4.79 Å². The molecule has 4 heteroatoms. The van der Waals surface area contributed by atoms with Crippen molar-refractivity contribution in [1.29, 1.82) is 0 Å². The van der Waals surface area contributed by atoms with Crippen molar-refractivity contribution < 1.29 is 14.3 Å². The third kappa shape index (κ3) is 2.51. The number of fused-ring (bicyclic) bond motifs is 1. The van der Waals surface area contributed by atoms with Crippen LogP contribution >= 0.6 is 11.3 Å². The van der Waals surface area contributed by atoms with Gasteiger partial charge in [-0.3, -0.25) is 0 Å². The van der Waals surface area contributed by atoms with Gasteiger partial charge in [0.15, 0.2) is 0 Å². The number of rotatable bonds is 3. The largest absolute Gasteiger partial charge is 0.496 e. The molecule has 0 radical (unpaired) electrons. The number of hydrogen-bond donors (Lipinski definition) is 0. The van der Waals surface area contributed by atoms with Crippen molar-refractivity contribution in [3.8, 4) is 5.75 Å². The van der Waals surface area contributed by atoms with E-state index in [0.717, 1.165) is 27.0 Å². The van der Waals surface area contributed by atoms with Crippen LogP contribution in [-0.4, -0.2) is 13.1 Å². The molecule has 0 amide bonds. The van der Waals surface area contributed by atoms with Crippen LogP contribution in [0.25, 0.3) is 22.6 Å². The number of carbonyl (C=O) groups is 1. The van der Waals surface area contributed by atoms with Crippen LogP contribution in [0.15, 0.2) is 65.6 Å². The second-order valence-corrected chi connectivity index (χ2v) is 6.33. The van der Waals surface area contributed by atoms with Crippen molar-refractivity contribution in [1.82, 2.24) is 0 Å². The Morgan fingerprint density at radius 2 is 1.96 bits per heavy atom. The highest BCUT2D eigenvalue weighted by Gasteiger charge is 2.23. The highest BCUT2D eigenvalue weighted by atomic mass is 32.1. The van der Waals surface area contributed by atoms with Crippen molar-refractivity contribution in [3.63, 3.8) is 0 Å². The van der Waals surface area contributed by atoms with Crippen molar-refractivity contribution in [2.75, 3.05) is 7.11 Å². The molecule has 2 aromatic carbocycles. The first kappa shape index (κ1) is 14.7. The van der Waals surface area contributed by atoms with Gasteiger partial charge in [-0.2, -0.15) is 0 Å². The predicted molar refractivity (Wildman–Crippen MR) is 96.9 cm³/mol. The minimum Gasteiger partial charge on any atom is -0.496 e. The van der Waals surface area contributed by atoms with E-state index in [-0.39, 0.29) is 5.97 Å². The molecule has 0 atom stereocenters. The molecule has 118 valence electrons. The van der Waals surface area contributed by atoms with E-state index in [4.69, 9.17) is 9.47 Å². The van der Waals surface area contributed by atoms with Crippen LogP contribution in [0.3, 0.4) is 0 Å². The van der Waals surface area contributed by atoms with E-state index in [0.29, 0.717) is 11.3 Å². The predicted octanol–water partition coefficient (Wildman–Crippen LogP) is 4.89. The van der Waals surface area contributed by atoms with Crippen LogP contribution < -0.4 is 4.74 Å². The summed E-state index contributed by atoms with van der Waals surface area (Å²) in [5, 5.41) is 4.09. The van der Waals surface area contributed by atoms with Crippen LogP contribution in [-0.2, 0) is 9.53 Å². The van der Waals surface area contributed by atoms with Gasteiger partial charge in [-0.25, -0.2) is 4.79 Å². The summed E-state index contributed by atoms with van der Waals surface area (Å²) in [5.41, 5.74) is 1.40. The van der Waals surface area contributed by atoms with E-state index in [1.54, 1.807) is 24.5 Å². The molecule has 4 rings (SSSR count). The molecule has 0 fully saturated rings. The molecular weight excluding hydrogens is 320 g/mol. The smallest absolute Gasteiger partial charge is 0.343 e. The molecular formula is C20H14O3S. The SMILES string of the molecule is COc1ccc2ccccc2c1/C=C1\C=C(c2cccs2)OC1=O. The van der Waals surface area contributed by atoms with Crippen LogP contribution in [0.5, 0.6) is 5.75 Å². The van der Waals surface area contributed by atoms with Gasteiger partial charge in [0.1, 0.15) is 11.5 Å². The zero-order valence-electron chi connectivity index (χ0n) is 13.0. The molecule has 2 heterocycles. The molecule has 3 aromatic rings. The first-order valence-corrected chi connectivity index (χ1v) is 8.39. The normalized spacial score (nSPS) is 15.6. The number of esters is 1. The average Bonchev–Trinajstić information content (AvgIpc) is 3.25. The monoisotopic (exact) mass is 334 g/mol. The van der Waals surface area contributed by atoms with Crippen LogP contribution in [0.2, 0.25) is 0 Å². The zero-order valence-corrected chi connectivity index (χ0v) is 13.8. The lowest BCUT2D eigenvalue weighted by atomic mass is 10.0. The molecule has 0 N–H and O–H groups in total. The van der Waals surface area contributed by atoms with Crippen LogP contribution in [0.4, 0.5) is 0 Å². The number of benzene rings is 2. The van der Waals surface area contributed by atoms with Crippen molar-refractivity contribution in [3.05, 3.63) is 76.0 Å². The van der Waals surface area contributed by atoms with Gasteiger partial charge in [0.25, 0.3) is 0 Å². The fourth-order valence-electron chi connectivity index (χ4n) is 2.79. The van der Waals surface area contributed by atoms with Gasteiger partial charge in [-0.1, -0.05) is 36.4 Å². The molecule has 1 aliphatic rings. The number of methoxy groups -OCH3 is 1. The molecule has 1 aliphatic heterocycles. The Balaban J connectivity index is 1.86. The van der Waals surface area contributed by atoms with Crippen LogP contribution in [0.1, 0.15) is 10.4 Å². The van der Waals surface area contributed by atoms with Gasteiger partial charge < -0.3 is 9.47 Å². The minimum absolute atomic E-state index is 0.339. The first-order chi connectivity index (χ1) is 11.8. The van der Waals surface area contributed by atoms with E-state index in [1.165, 1.54) is 0 Å². The minimum atomic E-state index is -0.339. The van der Waals surface area contributed by atoms with Gasteiger partial charge in [0, 0.05) is 5.56 Å². The summed E-state index contributed by atoms with van der Waals surface area (Å²) in [6, 6.07) is 15.8. The molecule has 1 aromatic heterocycles. The maximum atomic E-state index is 12.2. The highest BCUT2D eigenvalue weighted by molar-refractivity contribution is 7.11. The van der Waals surface area contributed by atoms with Gasteiger partial charge in [0.05, 0.1) is 17.6 Å². The highest BCUT2D eigenvalue weighted by Crippen LogP contribution is 2.34. The Hall–Kier alpha value is -2.85. The topological polar surface area (TPSA) is 35.5 Å². The Bertz CT molecular complexity index is 981. The summed E-state index contributed by atoms with van der Waals surface area (Å²) < 4.78 is 10.9. The van der Waals surface area contributed by atoms with Gasteiger partial charge >= 0.3 is 5.97 Å². The maximum Gasteiger partial charge on any atom is 0.343 e. The molecule has 0 bridgehead atoms. The van der Waals surface area contributed by atoms with Gasteiger partial charge in [-0.05, 0) is 40.4 Å². The number of thiophene rings is 1. The summed E-state index contributed by atoms with van der Waals surface area (Å²) in [4.78, 5) is 13.2. The molecule has 0 spiro atoms. The molecule has 0 saturated carbocycles. The second kappa shape index (κ2) is 5.98. The average molecular weight is 334 g/mol. The third-order valence-corrected chi connectivity index (χ3v) is 4.82. The van der Waals surface area contributed by atoms with Crippen molar-refractivity contribution in [2.24, 2.45) is 0 Å². The third-order valence-electron chi connectivity index (χ3n) is 3.94. The van der Waals surface area contributed by atoms with E-state index in [2.05, 4.69) is 0 Å². The quantitative estimate of drug-likeness (QED) is 0.505. The Kier molecular flexibility index (Phi) is 3.67. The van der Waals surface area contributed by atoms with Crippen molar-refractivity contribution in [2.45, 2.75) is 0 Å². The fraction of sp³-hybridized carbons (Fsp3) is 0.0500. The first-order valence-electron chi connectivity index (χ1n) is 7.51. The summed E-state index contributed by atoms with van der Waals surface area (Å²) in [6.07, 6.45) is 3.62. The lowest BCUT2D eigenvalue weighted by Crippen LogP contribution is -1.97. The van der Waals surface area contributed by atoms with E-state index < -0.39 is 0 Å². The molecule has 0 saturated heterocycles. The second-order valence-electron chi connectivity index (χ2n) is 5.38.